The molecular weight excluding hydrogens is 406 g/mol. The number of nitrogens with zero attached hydrogens (tertiary/aromatic N) is 4. The average molecular weight is 432 g/mol. The predicted molar refractivity (Wildman–Crippen MR) is 116 cm³/mol. The zero-order valence-corrected chi connectivity index (χ0v) is 18.3. The van der Waals surface area contributed by atoms with Gasteiger partial charge in [-0.15, -0.1) is 0 Å². The Bertz CT molecular complexity index is 1030. The lowest BCUT2D eigenvalue weighted by Crippen LogP contribution is -2.36. The minimum Gasteiger partial charge on any atom is -0.497 e. The number of carbonyl (C=O) groups is 1. The number of aliphatic hydroxyl groups excluding tert-OH is 1. The van der Waals surface area contributed by atoms with Gasteiger partial charge in [-0.25, -0.2) is 9.50 Å². The number of benzene rings is 1. The number of carbonyl (C=O) groups excluding carboxylic acids is 1. The molecule has 0 aliphatic carbocycles. The van der Waals surface area contributed by atoms with Crippen LogP contribution in [0.3, 0.4) is 0 Å². The van der Waals surface area contributed by atoms with Crippen molar-refractivity contribution >= 4 is 28.8 Å². The van der Waals surface area contributed by atoms with E-state index in [2.05, 4.69) is 15.4 Å². The minimum atomic E-state index is -0.426. The van der Waals surface area contributed by atoms with Crippen LogP contribution in [0.1, 0.15) is 29.9 Å². The van der Waals surface area contributed by atoms with Gasteiger partial charge >= 0.3 is 0 Å². The number of aromatic nitrogens is 3. The smallest absolute Gasteiger partial charge is 0.271 e. The summed E-state index contributed by atoms with van der Waals surface area (Å²) in [6.45, 7) is 4.62. The highest BCUT2D eigenvalue weighted by Crippen LogP contribution is 2.25. The minimum absolute atomic E-state index is 0.0369. The van der Waals surface area contributed by atoms with E-state index in [1.54, 1.807) is 13.2 Å². The van der Waals surface area contributed by atoms with Crippen molar-refractivity contribution in [2.45, 2.75) is 20.4 Å². The van der Waals surface area contributed by atoms with Gasteiger partial charge in [0, 0.05) is 38.2 Å². The van der Waals surface area contributed by atoms with Gasteiger partial charge in [0.05, 0.1) is 19.0 Å². The lowest BCUT2D eigenvalue weighted by Gasteiger charge is -2.22. The van der Waals surface area contributed by atoms with E-state index in [0.717, 1.165) is 17.0 Å². The number of ether oxygens (including phenoxy) is 1. The second kappa shape index (κ2) is 8.89. The van der Waals surface area contributed by atoms with Crippen LogP contribution in [0.5, 0.6) is 5.75 Å². The molecule has 0 aliphatic rings. The standard InChI is InChI=1S/C21H26ClN5O3/c1-21(2,13-28)12-24-20(29)17-10-23-19-16(9-18(22)25-27(17)19)26(3)11-14-5-7-15(30-4)8-6-14/h5-10,28H,11-13H2,1-4H3,(H,24,29). The van der Waals surface area contributed by atoms with E-state index in [1.807, 2.05) is 50.1 Å². The van der Waals surface area contributed by atoms with Gasteiger partial charge in [-0.2, -0.15) is 5.10 Å². The Labute approximate surface area is 180 Å². The molecule has 0 fully saturated rings. The zero-order valence-electron chi connectivity index (χ0n) is 17.5. The molecule has 2 heterocycles. The predicted octanol–water partition coefficient (Wildman–Crippen LogP) is 2.78. The Morgan fingerprint density at radius 3 is 2.67 bits per heavy atom. The number of nitrogens with one attached hydrogen (secondary N) is 1. The van der Waals surface area contributed by atoms with E-state index in [9.17, 15) is 9.90 Å². The number of hydrogen-bond acceptors (Lipinski definition) is 6. The summed E-state index contributed by atoms with van der Waals surface area (Å²) >= 11 is 6.25. The Morgan fingerprint density at radius 1 is 1.33 bits per heavy atom. The van der Waals surface area contributed by atoms with Gasteiger partial charge in [-0.05, 0) is 17.7 Å². The molecule has 3 aromatic rings. The van der Waals surface area contributed by atoms with Crippen molar-refractivity contribution in [2.24, 2.45) is 5.41 Å². The van der Waals surface area contributed by atoms with Crippen molar-refractivity contribution in [1.82, 2.24) is 19.9 Å². The molecule has 0 spiro atoms. The Morgan fingerprint density at radius 2 is 2.03 bits per heavy atom. The lowest BCUT2D eigenvalue weighted by atomic mass is 9.95. The number of rotatable bonds is 8. The van der Waals surface area contributed by atoms with Crippen LogP contribution in [-0.2, 0) is 6.54 Å². The summed E-state index contributed by atoms with van der Waals surface area (Å²) in [4.78, 5) is 19.1. The molecule has 0 radical (unpaired) electrons. The third kappa shape index (κ3) is 4.83. The third-order valence-corrected chi connectivity index (χ3v) is 4.98. The molecule has 160 valence electrons. The maximum absolute atomic E-state index is 12.7. The molecule has 2 aromatic heterocycles. The van der Waals surface area contributed by atoms with E-state index in [4.69, 9.17) is 16.3 Å². The summed E-state index contributed by atoms with van der Waals surface area (Å²) in [6, 6.07) is 9.52. The molecule has 0 saturated carbocycles. The normalized spacial score (nSPS) is 11.5. The largest absolute Gasteiger partial charge is 0.497 e. The fourth-order valence-electron chi connectivity index (χ4n) is 2.92. The molecule has 0 unspecified atom stereocenters. The summed E-state index contributed by atoms with van der Waals surface area (Å²) < 4.78 is 6.65. The lowest BCUT2D eigenvalue weighted by molar-refractivity contribution is 0.0904. The van der Waals surface area contributed by atoms with Crippen LogP contribution < -0.4 is 15.0 Å². The fraction of sp³-hybridized carbons (Fsp3) is 0.381. The van der Waals surface area contributed by atoms with Crippen molar-refractivity contribution in [1.29, 1.82) is 0 Å². The second-order valence-electron chi connectivity index (χ2n) is 7.94. The van der Waals surface area contributed by atoms with E-state index >= 15 is 0 Å². The number of aliphatic hydroxyl groups is 1. The molecule has 0 aliphatic heterocycles. The Kier molecular flexibility index (Phi) is 6.48. The highest BCUT2D eigenvalue weighted by molar-refractivity contribution is 6.29. The summed E-state index contributed by atoms with van der Waals surface area (Å²) in [7, 11) is 3.56. The molecule has 0 bridgehead atoms. The molecule has 8 nitrogen and oxygen atoms in total. The molecule has 2 N–H and O–H groups in total. The fourth-order valence-corrected chi connectivity index (χ4v) is 3.09. The molecule has 0 atom stereocenters. The monoisotopic (exact) mass is 431 g/mol. The number of imidazole rings is 1. The van der Waals surface area contributed by atoms with Gasteiger partial charge in [0.1, 0.15) is 5.75 Å². The highest BCUT2D eigenvalue weighted by Gasteiger charge is 2.22. The van der Waals surface area contributed by atoms with Gasteiger partial charge in [-0.3, -0.25) is 4.79 Å². The van der Waals surface area contributed by atoms with Crippen LogP contribution in [0, 0.1) is 5.41 Å². The van der Waals surface area contributed by atoms with Crippen LogP contribution in [0.2, 0.25) is 5.15 Å². The van der Waals surface area contributed by atoms with Crippen LogP contribution >= 0.6 is 11.6 Å². The van der Waals surface area contributed by atoms with Crippen LogP contribution in [-0.4, -0.2) is 52.9 Å². The van der Waals surface area contributed by atoms with Crippen LogP contribution in [0.25, 0.3) is 5.65 Å². The van der Waals surface area contributed by atoms with E-state index in [0.29, 0.717) is 18.7 Å². The van der Waals surface area contributed by atoms with Gasteiger partial charge in [0.25, 0.3) is 5.91 Å². The molecule has 0 saturated heterocycles. The summed E-state index contributed by atoms with van der Waals surface area (Å²) in [5.74, 6) is 0.464. The number of anilines is 1. The average Bonchev–Trinajstić information content (AvgIpc) is 3.15. The van der Waals surface area contributed by atoms with Crippen molar-refractivity contribution < 1.29 is 14.6 Å². The topological polar surface area (TPSA) is 92.0 Å². The highest BCUT2D eigenvalue weighted by atomic mass is 35.5. The maximum atomic E-state index is 12.7. The van der Waals surface area contributed by atoms with Gasteiger partial charge in [0.2, 0.25) is 0 Å². The first kappa shape index (κ1) is 21.9. The third-order valence-electron chi connectivity index (χ3n) is 4.80. The number of hydrogen-bond donors (Lipinski definition) is 2. The molecule has 30 heavy (non-hydrogen) atoms. The quantitative estimate of drug-likeness (QED) is 0.569. The Balaban J connectivity index is 1.86. The number of amides is 1. The molecule has 9 heteroatoms. The van der Waals surface area contributed by atoms with Gasteiger partial charge < -0.3 is 20.1 Å². The van der Waals surface area contributed by atoms with Crippen LogP contribution in [0.15, 0.2) is 36.5 Å². The molecular formula is C21H26ClN5O3. The first-order valence-corrected chi connectivity index (χ1v) is 9.89. The van der Waals surface area contributed by atoms with Crippen molar-refractivity contribution in [3.8, 4) is 5.75 Å². The number of fused-ring (bicyclic) bond motifs is 1. The summed E-state index contributed by atoms with van der Waals surface area (Å²) in [6.07, 6.45) is 1.48. The SMILES string of the molecule is COc1ccc(CN(C)c2cc(Cl)nn3c(C(=O)NCC(C)(C)CO)cnc23)cc1. The first-order chi connectivity index (χ1) is 14.2. The van der Waals surface area contributed by atoms with E-state index in [1.165, 1.54) is 10.7 Å². The summed E-state index contributed by atoms with van der Waals surface area (Å²) in [5.41, 5.74) is 2.22. The van der Waals surface area contributed by atoms with Gasteiger partial charge in [-0.1, -0.05) is 37.6 Å². The molecule has 1 aromatic carbocycles. The van der Waals surface area contributed by atoms with E-state index < -0.39 is 5.41 Å². The Hall–Kier alpha value is -2.84. The van der Waals surface area contributed by atoms with Gasteiger partial charge in [0.15, 0.2) is 16.5 Å². The maximum Gasteiger partial charge on any atom is 0.271 e. The first-order valence-electron chi connectivity index (χ1n) is 9.51. The molecule has 3 rings (SSSR count). The van der Waals surface area contributed by atoms with Crippen LogP contribution in [0.4, 0.5) is 5.69 Å². The van der Waals surface area contributed by atoms with Crippen molar-refractivity contribution in [2.75, 3.05) is 32.2 Å². The zero-order chi connectivity index (χ0) is 21.9. The number of methoxy groups -OCH3 is 1. The number of halogens is 1. The second-order valence-corrected chi connectivity index (χ2v) is 8.33. The summed E-state index contributed by atoms with van der Waals surface area (Å²) in [5, 5.41) is 16.7. The van der Waals surface area contributed by atoms with Crippen molar-refractivity contribution in [3.63, 3.8) is 0 Å². The van der Waals surface area contributed by atoms with Crippen molar-refractivity contribution in [3.05, 3.63) is 52.9 Å². The molecule has 1 amide bonds. The van der Waals surface area contributed by atoms with E-state index in [-0.39, 0.29) is 23.4 Å².